The average molecular weight is 217 g/mol. The highest BCUT2D eigenvalue weighted by Gasteiger charge is 2.36. The summed E-state index contributed by atoms with van der Waals surface area (Å²) in [6, 6.07) is 1.93. The third kappa shape index (κ3) is 2.86. The van der Waals surface area contributed by atoms with Crippen molar-refractivity contribution < 1.29 is 13.6 Å². The van der Waals surface area contributed by atoms with Gasteiger partial charge in [0.25, 0.3) is 5.91 Å². The lowest BCUT2D eigenvalue weighted by Crippen LogP contribution is -2.55. The van der Waals surface area contributed by atoms with Crippen LogP contribution in [0.2, 0.25) is 0 Å². The van der Waals surface area contributed by atoms with Crippen molar-refractivity contribution in [1.29, 1.82) is 5.26 Å². The summed E-state index contributed by atoms with van der Waals surface area (Å²) in [6.07, 6.45) is -2.29. The molecule has 0 aromatic rings. The first-order chi connectivity index (χ1) is 6.99. The molecule has 6 heteroatoms. The molecule has 1 rings (SSSR count). The normalized spacial score (nSPS) is 21.0. The molecule has 4 nitrogen and oxygen atoms in total. The van der Waals surface area contributed by atoms with Crippen LogP contribution in [0.3, 0.4) is 0 Å². The monoisotopic (exact) mass is 217 g/mol. The predicted molar refractivity (Wildman–Crippen MR) is 49.2 cm³/mol. The van der Waals surface area contributed by atoms with Crippen molar-refractivity contribution in [3.8, 4) is 6.07 Å². The molecule has 0 aromatic heterocycles. The van der Waals surface area contributed by atoms with E-state index >= 15 is 0 Å². The zero-order chi connectivity index (χ0) is 11.5. The predicted octanol–water partition coefficient (Wildman–Crippen LogP) is 0.356. The Morgan fingerprint density at radius 1 is 1.53 bits per heavy atom. The number of carbonyl (C=O) groups excluding carboxylic acids is 1. The first-order valence-electron chi connectivity index (χ1n) is 4.69. The van der Waals surface area contributed by atoms with Gasteiger partial charge in [-0.2, -0.15) is 14.0 Å². The number of amides is 1. The minimum absolute atomic E-state index is 0.387. The van der Waals surface area contributed by atoms with Crippen LogP contribution in [0, 0.1) is 11.3 Å². The summed E-state index contributed by atoms with van der Waals surface area (Å²) in [6.45, 7) is 1.24. The number of likely N-dealkylation sites (tertiary alicyclic amines) is 1. The summed E-state index contributed by atoms with van der Waals surface area (Å²) < 4.78 is 24.1. The molecule has 1 amide bonds. The molecule has 0 radical (unpaired) electrons. The van der Waals surface area contributed by atoms with Gasteiger partial charge in [-0.15, -0.1) is 0 Å². The Morgan fingerprint density at radius 3 is 2.47 bits per heavy atom. The van der Waals surface area contributed by atoms with Gasteiger partial charge in [0.1, 0.15) is 5.54 Å². The van der Waals surface area contributed by atoms with Gasteiger partial charge in [-0.05, 0) is 19.9 Å². The second-order valence-corrected chi connectivity index (χ2v) is 3.79. The Labute approximate surface area is 86.8 Å². The molecule has 1 aliphatic heterocycles. The van der Waals surface area contributed by atoms with Crippen LogP contribution < -0.4 is 5.32 Å². The summed E-state index contributed by atoms with van der Waals surface area (Å²) in [4.78, 5) is 12.8. The fourth-order valence-electron chi connectivity index (χ4n) is 1.56. The average Bonchev–Trinajstić information content (AvgIpc) is 2.21. The highest BCUT2D eigenvalue weighted by atomic mass is 19.3. The van der Waals surface area contributed by atoms with E-state index in [1.54, 1.807) is 0 Å². The van der Waals surface area contributed by atoms with Gasteiger partial charge < -0.3 is 10.2 Å². The second-order valence-electron chi connectivity index (χ2n) is 3.79. The summed E-state index contributed by atoms with van der Waals surface area (Å²) in [5.74, 6) is -1.36. The van der Waals surface area contributed by atoms with Crippen LogP contribution in [0.1, 0.15) is 12.8 Å². The molecular weight excluding hydrogens is 204 g/mol. The maximum Gasteiger partial charge on any atom is 0.315 e. The largest absolute Gasteiger partial charge is 0.333 e. The van der Waals surface area contributed by atoms with E-state index in [2.05, 4.69) is 5.32 Å². The highest BCUT2D eigenvalue weighted by Crippen LogP contribution is 2.21. The van der Waals surface area contributed by atoms with E-state index in [4.69, 9.17) is 5.26 Å². The van der Waals surface area contributed by atoms with E-state index in [1.807, 2.05) is 18.0 Å². The van der Waals surface area contributed by atoms with Crippen molar-refractivity contribution in [2.45, 2.75) is 24.8 Å². The number of nitrogens with one attached hydrogen (secondary N) is 1. The summed E-state index contributed by atoms with van der Waals surface area (Å²) >= 11 is 0. The molecule has 0 aromatic carbocycles. The number of halogens is 2. The SMILES string of the molecule is CN1CCC(C#N)(NC(=O)C(F)F)CC1. The quantitative estimate of drug-likeness (QED) is 0.726. The highest BCUT2D eigenvalue weighted by molar-refractivity contribution is 5.80. The fourth-order valence-corrected chi connectivity index (χ4v) is 1.56. The third-order valence-corrected chi connectivity index (χ3v) is 2.62. The number of alkyl halides is 2. The van der Waals surface area contributed by atoms with Gasteiger partial charge in [0.05, 0.1) is 6.07 Å². The Hall–Kier alpha value is -1.22. The van der Waals surface area contributed by atoms with Gasteiger partial charge in [0.15, 0.2) is 0 Å². The summed E-state index contributed by atoms with van der Waals surface area (Å²) in [5.41, 5.74) is -1.11. The number of hydrogen-bond donors (Lipinski definition) is 1. The Balaban J connectivity index is 2.63. The molecule has 0 bridgehead atoms. The zero-order valence-electron chi connectivity index (χ0n) is 8.46. The fraction of sp³-hybridized carbons (Fsp3) is 0.778. The van der Waals surface area contributed by atoms with Crippen molar-refractivity contribution in [1.82, 2.24) is 10.2 Å². The van der Waals surface area contributed by atoms with E-state index < -0.39 is 17.9 Å². The van der Waals surface area contributed by atoms with Crippen LogP contribution in [0.25, 0.3) is 0 Å². The Kier molecular flexibility index (Phi) is 3.58. The Morgan fingerprint density at radius 2 is 2.07 bits per heavy atom. The molecule has 1 heterocycles. The third-order valence-electron chi connectivity index (χ3n) is 2.62. The van der Waals surface area contributed by atoms with Crippen molar-refractivity contribution in [2.24, 2.45) is 0 Å². The van der Waals surface area contributed by atoms with Crippen LogP contribution in [-0.4, -0.2) is 42.9 Å². The van der Waals surface area contributed by atoms with Gasteiger partial charge >= 0.3 is 6.43 Å². The van der Waals surface area contributed by atoms with E-state index in [0.717, 1.165) is 0 Å². The molecule has 84 valence electrons. The molecule has 0 atom stereocenters. The molecular formula is C9H13F2N3O. The van der Waals surface area contributed by atoms with E-state index in [-0.39, 0.29) is 0 Å². The molecule has 1 saturated heterocycles. The van der Waals surface area contributed by atoms with Gasteiger partial charge in [-0.3, -0.25) is 4.79 Å². The van der Waals surface area contributed by atoms with Crippen LogP contribution in [0.5, 0.6) is 0 Å². The lowest BCUT2D eigenvalue weighted by Gasteiger charge is -2.35. The first kappa shape index (κ1) is 11.9. The molecule has 0 spiro atoms. The number of hydrogen-bond acceptors (Lipinski definition) is 3. The van der Waals surface area contributed by atoms with E-state index in [9.17, 15) is 13.6 Å². The van der Waals surface area contributed by atoms with Gasteiger partial charge in [0, 0.05) is 13.1 Å². The van der Waals surface area contributed by atoms with Crippen LogP contribution in [0.15, 0.2) is 0 Å². The minimum Gasteiger partial charge on any atom is -0.333 e. The van der Waals surface area contributed by atoms with E-state index in [0.29, 0.717) is 25.9 Å². The van der Waals surface area contributed by atoms with Crippen molar-refractivity contribution in [2.75, 3.05) is 20.1 Å². The smallest absolute Gasteiger partial charge is 0.315 e. The molecule has 0 saturated carbocycles. The Bertz CT molecular complexity index is 280. The van der Waals surface area contributed by atoms with Crippen LogP contribution in [0.4, 0.5) is 8.78 Å². The van der Waals surface area contributed by atoms with E-state index in [1.165, 1.54) is 0 Å². The molecule has 1 fully saturated rings. The molecule has 1 N–H and O–H groups in total. The van der Waals surface area contributed by atoms with Crippen molar-refractivity contribution in [3.63, 3.8) is 0 Å². The standard InChI is InChI=1S/C9H13F2N3O/c1-14-4-2-9(6-12,3-5-14)13-8(15)7(10)11/h7H,2-5H2,1H3,(H,13,15). The number of nitriles is 1. The molecule has 15 heavy (non-hydrogen) atoms. The first-order valence-corrected chi connectivity index (χ1v) is 4.69. The second kappa shape index (κ2) is 4.53. The summed E-state index contributed by atoms with van der Waals surface area (Å²) in [5, 5.41) is 11.1. The topological polar surface area (TPSA) is 56.1 Å². The maximum absolute atomic E-state index is 12.0. The van der Waals surface area contributed by atoms with Gasteiger partial charge in [0.2, 0.25) is 0 Å². The molecule has 0 aliphatic carbocycles. The van der Waals surface area contributed by atoms with Crippen molar-refractivity contribution in [3.05, 3.63) is 0 Å². The number of rotatable bonds is 2. The minimum atomic E-state index is -3.06. The number of nitrogens with zero attached hydrogens (tertiary/aromatic N) is 2. The zero-order valence-corrected chi connectivity index (χ0v) is 8.46. The maximum atomic E-state index is 12.0. The summed E-state index contributed by atoms with van der Waals surface area (Å²) in [7, 11) is 1.89. The molecule has 1 aliphatic rings. The van der Waals surface area contributed by atoms with Crippen molar-refractivity contribution >= 4 is 5.91 Å². The van der Waals surface area contributed by atoms with Gasteiger partial charge in [-0.1, -0.05) is 0 Å². The molecule has 0 unspecified atom stereocenters. The lowest BCUT2D eigenvalue weighted by atomic mass is 9.89. The van der Waals surface area contributed by atoms with Crippen LogP contribution >= 0.6 is 0 Å². The van der Waals surface area contributed by atoms with Crippen LogP contribution in [-0.2, 0) is 4.79 Å². The van der Waals surface area contributed by atoms with Gasteiger partial charge in [-0.25, -0.2) is 0 Å². The lowest BCUT2D eigenvalue weighted by molar-refractivity contribution is -0.133. The number of piperidine rings is 1. The number of carbonyl (C=O) groups is 1.